The molecule has 2 rings (SSSR count). The van der Waals surface area contributed by atoms with E-state index in [1.54, 1.807) is 12.4 Å². The van der Waals surface area contributed by atoms with Crippen molar-refractivity contribution in [1.82, 2.24) is 15.3 Å². The van der Waals surface area contributed by atoms with Gasteiger partial charge < -0.3 is 15.4 Å². The van der Waals surface area contributed by atoms with E-state index in [0.717, 1.165) is 0 Å². The van der Waals surface area contributed by atoms with Gasteiger partial charge in [0.1, 0.15) is 11.6 Å². The third-order valence-electron chi connectivity index (χ3n) is 2.49. The highest BCUT2D eigenvalue weighted by atomic mass is 35.5. The van der Waals surface area contributed by atoms with Gasteiger partial charge in [0.15, 0.2) is 0 Å². The van der Waals surface area contributed by atoms with Crippen molar-refractivity contribution in [1.29, 1.82) is 0 Å². The molecule has 0 aliphatic carbocycles. The van der Waals surface area contributed by atoms with Gasteiger partial charge in [0.25, 0.3) is 5.91 Å². The molecular weight excluding hydrogens is 254 g/mol. The maximum absolute atomic E-state index is 11.9. The van der Waals surface area contributed by atoms with Gasteiger partial charge in [0, 0.05) is 18.0 Å². The fourth-order valence-corrected chi connectivity index (χ4v) is 1.69. The van der Waals surface area contributed by atoms with Crippen molar-refractivity contribution in [3.05, 3.63) is 47.0 Å². The minimum atomic E-state index is -0.277. The van der Waals surface area contributed by atoms with E-state index in [4.69, 9.17) is 11.6 Å². The highest BCUT2D eigenvalue weighted by Crippen LogP contribution is 2.23. The summed E-state index contributed by atoms with van der Waals surface area (Å²) in [4.78, 5) is 18.9. The number of amides is 1. The number of phenols is 1. The quantitative estimate of drug-likeness (QED) is 0.797. The van der Waals surface area contributed by atoms with Crippen molar-refractivity contribution >= 4 is 17.5 Å². The molecule has 18 heavy (non-hydrogen) atoms. The number of nitrogens with zero attached hydrogens (tertiary/aromatic N) is 1. The minimum Gasteiger partial charge on any atom is -0.506 e. The van der Waals surface area contributed by atoms with Gasteiger partial charge in [-0.25, -0.2) is 4.98 Å². The van der Waals surface area contributed by atoms with Crippen LogP contribution in [0.25, 0.3) is 0 Å². The lowest BCUT2D eigenvalue weighted by atomic mass is 10.2. The number of hydrogen-bond donors (Lipinski definition) is 3. The van der Waals surface area contributed by atoms with Gasteiger partial charge in [-0.1, -0.05) is 11.6 Å². The number of aromatic hydroxyl groups is 1. The Morgan fingerprint density at radius 3 is 2.94 bits per heavy atom. The first-order valence-corrected chi connectivity index (χ1v) is 5.74. The molecule has 0 fully saturated rings. The van der Waals surface area contributed by atoms with Gasteiger partial charge in [-0.05, 0) is 25.1 Å². The lowest BCUT2D eigenvalue weighted by Gasteiger charge is -2.11. The molecule has 0 radical (unpaired) electrons. The van der Waals surface area contributed by atoms with Gasteiger partial charge in [-0.15, -0.1) is 0 Å². The first-order valence-electron chi connectivity index (χ1n) is 5.36. The van der Waals surface area contributed by atoms with Crippen LogP contribution in [-0.2, 0) is 0 Å². The summed E-state index contributed by atoms with van der Waals surface area (Å²) in [5.41, 5.74) is 0.385. The van der Waals surface area contributed by atoms with E-state index >= 15 is 0 Å². The molecule has 1 aromatic heterocycles. The second kappa shape index (κ2) is 5.10. The van der Waals surface area contributed by atoms with Gasteiger partial charge in [0.05, 0.1) is 11.1 Å². The molecule has 0 aliphatic rings. The molecule has 94 valence electrons. The van der Waals surface area contributed by atoms with Gasteiger partial charge >= 0.3 is 0 Å². The number of aromatic amines is 1. The van der Waals surface area contributed by atoms with Crippen molar-refractivity contribution in [3.63, 3.8) is 0 Å². The monoisotopic (exact) mass is 265 g/mol. The average molecular weight is 266 g/mol. The highest BCUT2D eigenvalue weighted by Gasteiger charge is 2.13. The fourth-order valence-electron chi connectivity index (χ4n) is 1.51. The van der Waals surface area contributed by atoms with Crippen LogP contribution in [0.5, 0.6) is 5.75 Å². The lowest BCUT2D eigenvalue weighted by molar-refractivity contribution is 0.0938. The largest absolute Gasteiger partial charge is 0.506 e. The van der Waals surface area contributed by atoms with Crippen LogP contribution in [0.3, 0.4) is 0 Å². The molecule has 1 atom stereocenters. The highest BCUT2D eigenvalue weighted by molar-refractivity contribution is 6.32. The third-order valence-corrected chi connectivity index (χ3v) is 2.79. The number of halogens is 1. The number of imidazole rings is 1. The molecule has 1 unspecified atom stereocenters. The van der Waals surface area contributed by atoms with Crippen LogP contribution in [0.4, 0.5) is 0 Å². The molecule has 0 aliphatic heterocycles. The first kappa shape index (κ1) is 12.4. The number of hydrogen-bond acceptors (Lipinski definition) is 3. The number of nitrogens with one attached hydrogen (secondary N) is 2. The average Bonchev–Trinajstić information content (AvgIpc) is 2.86. The molecule has 0 bridgehead atoms. The molecule has 1 amide bonds. The van der Waals surface area contributed by atoms with Crippen LogP contribution in [0.15, 0.2) is 30.6 Å². The lowest BCUT2D eigenvalue weighted by Crippen LogP contribution is -2.27. The summed E-state index contributed by atoms with van der Waals surface area (Å²) < 4.78 is 0. The number of H-pyrrole nitrogens is 1. The Bertz CT molecular complexity index is 554. The molecule has 0 saturated heterocycles. The maximum atomic E-state index is 11.9. The number of carbonyl (C=O) groups is 1. The number of benzene rings is 1. The van der Waals surface area contributed by atoms with E-state index in [-0.39, 0.29) is 22.7 Å². The van der Waals surface area contributed by atoms with Crippen molar-refractivity contribution in [2.45, 2.75) is 13.0 Å². The Kier molecular flexibility index (Phi) is 3.53. The minimum absolute atomic E-state index is 0.0488. The summed E-state index contributed by atoms with van der Waals surface area (Å²) >= 11 is 5.75. The third kappa shape index (κ3) is 2.62. The van der Waals surface area contributed by atoms with Gasteiger partial charge in [-0.2, -0.15) is 0 Å². The Morgan fingerprint density at radius 1 is 1.56 bits per heavy atom. The fraction of sp³-hybridized carbons (Fsp3) is 0.167. The number of carbonyl (C=O) groups excluding carboxylic acids is 1. The molecule has 1 heterocycles. The molecule has 3 N–H and O–H groups in total. The summed E-state index contributed by atoms with van der Waals surface area (Å²) in [6, 6.07) is 4.07. The number of rotatable bonds is 3. The van der Waals surface area contributed by atoms with Crippen molar-refractivity contribution < 1.29 is 9.90 Å². The first-order chi connectivity index (χ1) is 8.58. The van der Waals surface area contributed by atoms with Gasteiger partial charge in [-0.3, -0.25) is 4.79 Å². The molecule has 0 spiro atoms. The number of phenolic OH excluding ortho intramolecular Hbond substituents is 1. The Labute approximate surface area is 109 Å². The summed E-state index contributed by atoms with van der Waals surface area (Å²) in [5, 5.41) is 12.2. The van der Waals surface area contributed by atoms with Gasteiger partial charge in [0.2, 0.25) is 0 Å². The SMILES string of the molecule is CC(NC(=O)c1ccc(O)c(Cl)c1)c1ncc[nH]1. The zero-order chi connectivity index (χ0) is 13.1. The summed E-state index contributed by atoms with van der Waals surface area (Å²) in [6.07, 6.45) is 3.31. The summed E-state index contributed by atoms with van der Waals surface area (Å²) in [5.74, 6) is 0.348. The maximum Gasteiger partial charge on any atom is 0.251 e. The van der Waals surface area contributed by atoms with Crippen LogP contribution in [0, 0.1) is 0 Å². The summed E-state index contributed by atoms with van der Waals surface area (Å²) in [6.45, 7) is 1.82. The van der Waals surface area contributed by atoms with E-state index in [1.165, 1.54) is 18.2 Å². The second-order valence-electron chi connectivity index (χ2n) is 3.84. The molecule has 0 saturated carbocycles. The van der Waals surface area contributed by atoms with E-state index in [2.05, 4.69) is 15.3 Å². The molecule has 1 aromatic carbocycles. The molecular formula is C12H12ClN3O2. The van der Waals surface area contributed by atoms with Crippen LogP contribution in [0.2, 0.25) is 5.02 Å². The topological polar surface area (TPSA) is 78.0 Å². The zero-order valence-corrected chi connectivity index (χ0v) is 10.4. The predicted molar refractivity (Wildman–Crippen MR) is 67.6 cm³/mol. The second-order valence-corrected chi connectivity index (χ2v) is 4.24. The molecule has 2 aromatic rings. The normalized spacial score (nSPS) is 12.1. The van der Waals surface area contributed by atoms with E-state index in [1.807, 2.05) is 6.92 Å². The Hall–Kier alpha value is -2.01. The van der Waals surface area contributed by atoms with E-state index in [0.29, 0.717) is 11.4 Å². The van der Waals surface area contributed by atoms with Crippen LogP contribution in [-0.4, -0.2) is 21.0 Å². The molecule has 5 nitrogen and oxygen atoms in total. The van der Waals surface area contributed by atoms with E-state index in [9.17, 15) is 9.90 Å². The predicted octanol–water partition coefficient (Wildman–Crippen LogP) is 2.26. The summed E-state index contributed by atoms with van der Waals surface area (Å²) in [7, 11) is 0. The molecule has 6 heteroatoms. The van der Waals surface area contributed by atoms with Crippen LogP contribution in [0.1, 0.15) is 29.1 Å². The van der Waals surface area contributed by atoms with Crippen molar-refractivity contribution in [2.75, 3.05) is 0 Å². The van der Waals surface area contributed by atoms with Crippen molar-refractivity contribution in [2.24, 2.45) is 0 Å². The van der Waals surface area contributed by atoms with E-state index < -0.39 is 0 Å². The smallest absolute Gasteiger partial charge is 0.251 e. The number of aromatic nitrogens is 2. The zero-order valence-electron chi connectivity index (χ0n) is 9.64. The van der Waals surface area contributed by atoms with Crippen LogP contribution >= 0.6 is 11.6 Å². The Balaban J connectivity index is 2.10. The Morgan fingerprint density at radius 2 is 2.33 bits per heavy atom. The van der Waals surface area contributed by atoms with Crippen LogP contribution < -0.4 is 5.32 Å². The standard InChI is InChI=1S/C12H12ClN3O2/c1-7(11-14-4-5-15-11)16-12(18)8-2-3-10(17)9(13)6-8/h2-7,17H,1H3,(H,14,15)(H,16,18). The van der Waals surface area contributed by atoms with Crippen molar-refractivity contribution in [3.8, 4) is 5.75 Å².